The number of anilines is 2. The first-order valence-electron chi connectivity index (χ1n) is 6.67. The third-order valence-corrected chi connectivity index (χ3v) is 3.74. The predicted molar refractivity (Wildman–Crippen MR) is 78.4 cm³/mol. The molecule has 1 unspecified atom stereocenters. The van der Waals surface area contributed by atoms with Crippen molar-refractivity contribution < 1.29 is 4.79 Å². The summed E-state index contributed by atoms with van der Waals surface area (Å²) in [6, 6.07) is 5.86. The van der Waals surface area contributed by atoms with Gasteiger partial charge < -0.3 is 21.3 Å². The monoisotopic (exact) mass is 262 g/mol. The molecule has 19 heavy (non-hydrogen) atoms. The number of amides is 1. The highest BCUT2D eigenvalue weighted by Crippen LogP contribution is 2.22. The minimum atomic E-state index is -0.0963. The number of nitrogens with zero attached hydrogens (tertiary/aromatic N) is 1. The number of carbonyl (C=O) groups excluding carboxylic acids is 1. The van der Waals surface area contributed by atoms with Gasteiger partial charge in [0.05, 0.1) is 11.4 Å². The Kier molecular flexibility index (Phi) is 4.27. The van der Waals surface area contributed by atoms with Crippen LogP contribution in [0.3, 0.4) is 0 Å². The van der Waals surface area contributed by atoms with Gasteiger partial charge in [0, 0.05) is 25.2 Å². The zero-order chi connectivity index (χ0) is 13.8. The van der Waals surface area contributed by atoms with E-state index in [1.807, 2.05) is 6.07 Å². The van der Waals surface area contributed by atoms with Gasteiger partial charge >= 0.3 is 0 Å². The molecule has 0 saturated carbocycles. The Hall–Kier alpha value is -1.75. The van der Waals surface area contributed by atoms with Crippen LogP contribution in [-0.2, 0) is 0 Å². The fourth-order valence-electron chi connectivity index (χ4n) is 2.46. The third-order valence-electron chi connectivity index (χ3n) is 3.74. The van der Waals surface area contributed by atoms with Gasteiger partial charge in [-0.2, -0.15) is 0 Å². The molecular weight excluding hydrogens is 240 g/mol. The second-order valence-corrected chi connectivity index (χ2v) is 5.04. The van der Waals surface area contributed by atoms with Crippen LogP contribution in [0.2, 0.25) is 0 Å². The summed E-state index contributed by atoms with van der Waals surface area (Å²) in [5.74, 6) is -0.0963. The minimum Gasteiger partial charge on any atom is -0.397 e. The molecule has 4 N–H and O–H groups in total. The lowest BCUT2D eigenvalue weighted by Gasteiger charge is -2.21. The molecule has 104 valence electrons. The van der Waals surface area contributed by atoms with Crippen LogP contribution in [0.15, 0.2) is 18.2 Å². The summed E-state index contributed by atoms with van der Waals surface area (Å²) in [7, 11) is 3.77. The van der Waals surface area contributed by atoms with Crippen LogP contribution in [0.25, 0.3) is 0 Å². The van der Waals surface area contributed by atoms with Crippen LogP contribution >= 0.6 is 0 Å². The molecule has 5 heteroatoms. The molecule has 1 saturated heterocycles. The summed E-state index contributed by atoms with van der Waals surface area (Å²) in [5, 5.41) is 5.97. The van der Waals surface area contributed by atoms with Crippen molar-refractivity contribution >= 4 is 17.3 Å². The summed E-state index contributed by atoms with van der Waals surface area (Å²) in [6.45, 7) is 2.01. The molecule has 1 amide bonds. The van der Waals surface area contributed by atoms with Gasteiger partial charge in [-0.3, -0.25) is 4.79 Å². The summed E-state index contributed by atoms with van der Waals surface area (Å²) < 4.78 is 0. The van der Waals surface area contributed by atoms with Crippen LogP contribution in [-0.4, -0.2) is 44.0 Å². The molecular formula is C14H22N4O. The molecule has 1 heterocycles. The Bertz CT molecular complexity index is 461. The van der Waals surface area contributed by atoms with E-state index in [9.17, 15) is 4.79 Å². The van der Waals surface area contributed by atoms with Gasteiger partial charge in [-0.05, 0) is 44.6 Å². The standard InChI is InChI=1S/C14H22N4O/c1-16-14(19)10-5-6-12(15)13(8-10)17-9-11-4-3-7-18(11)2/h5-6,8,11,17H,3-4,7,9,15H2,1-2H3,(H,16,19). The van der Waals surface area contributed by atoms with E-state index >= 15 is 0 Å². The smallest absolute Gasteiger partial charge is 0.251 e. The van der Waals surface area contributed by atoms with Gasteiger partial charge in [-0.1, -0.05) is 0 Å². The topological polar surface area (TPSA) is 70.4 Å². The van der Waals surface area contributed by atoms with Crippen molar-refractivity contribution in [1.29, 1.82) is 0 Å². The minimum absolute atomic E-state index is 0.0963. The van der Waals surface area contributed by atoms with Crippen LogP contribution < -0.4 is 16.4 Å². The molecule has 0 spiro atoms. The van der Waals surface area contributed by atoms with E-state index in [2.05, 4.69) is 22.6 Å². The van der Waals surface area contributed by atoms with E-state index in [1.54, 1.807) is 19.2 Å². The second-order valence-electron chi connectivity index (χ2n) is 5.04. The number of benzene rings is 1. The van der Waals surface area contributed by atoms with Crippen LogP contribution in [0.5, 0.6) is 0 Å². The first-order valence-corrected chi connectivity index (χ1v) is 6.67. The number of likely N-dealkylation sites (N-methyl/N-ethyl adjacent to an activating group) is 1. The van der Waals surface area contributed by atoms with Crippen molar-refractivity contribution in [2.24, 2.45) is 0 Å². The molecule has 2 rings (SSSR count). The molecule has 1 aliphatic rings. The van der Waals surface area contributed by atoms with Crippen molar-refractivity contribution in [1.82, 2.24) is 10.2 Å². The first-order chi connectivity index (χ1) is 9.11. The highest BCUT2D eigenvalue weighted by Gasteiger charge is 2.20. The maximum Gasteiger partial charge on any atom is 0.251 e. The van der Waals surface area contributed by atoms with Crippen molar-refractivity contribution in [2.45, 2.75) is 18.9 Å². The molecule has 0 radical (unpaired) electrons. The van der Waals surface area contributed by atoms with Gasteiger partial charge in [-0.25, -0.2) is 0 Å². The summed E-state index contributed by atoms with van der Waals surface area (Å²) in [6.07, 6.45) is 2.45. The van der Waals surface area contributed by atoms with Crippen molar-refractivity contribution in [3.05, 3.63) is 23.8 Å². The van der Waals surface area contributed by atoms with Gasteiger partial charge in [0.2, 0.25) is 0 Å². The average Bonchev–Trinajstić information content (AvgIpc) is 2.82. The number of hydrogen-bond acceptors (Lipinski definition) is 4. The number of hydrogen-bond donors (Lipinski definition) is 3. The molecule has 0 aromatic heterocycles. The van der Waals surface area contributed by atoms with Crippen molar-refractivity contribution in [3.8, 4) is 0 Å². The van der Waals surface area contributed by atoms with Gasteiger partial charge in [0.15, 0.2) is 0 Å². The van der Waals surface area contributed by atoms with Crippen LogP contribution in [0, 0.1) is 0 Å². The van der Waals surface area contributed by atoms with E-state index in [-0.39, 0.29) is 5.91 Å². The largest absolute Gasteiger partial charge is 0.397 e. The first kappa shape index (κ1) is 13.7. The molecule has 1 atom stereocenters. The van der Waals surface area contributed by atoms with Gasteiger partial charge in [0.25, 0.3) is 5.91 Å². The quantitative estimate of drug-likeness (QED) is 0.712. The van der Waals surface area contributed by atoms with E-state index in [0.717, 1.165) is 18.8 Å². The van der Waals surface area contributed by atoms with Gasteiger partial charge in [-0.15, -0.1) is 0 Å². The maximum absolute atomic E-state index is 11.6. The number of nitrogens with two attached hydrogens (primary N) is 1. The molecule has 1 aromatic carbocycles. The molecule has 0 aliphatic carbocycles. The fourth-order valence-corrected chi connectivity index (χ4v) is 2.46. The normalized spacial score (nSPS) is 19.4. The highest BCUT2D eigenvalue weighted by molar-refractivity contribution is 5.96. The Morgan fingerprint density at radius 3 is 2.95 bits per heavy atom. The second kappa shape index (κ2) is 5.93. The number of nitrogens with one attached hydrogen (secondary N) is 2. The predicted octanol–water partition coefficient (Wildman–Crippen LogP) is 1.13. The SMILES string of the molecule is CNC(=O)c1ccc(N)c(NCC2CCCN2C)c1. The fraction of sp³-hybridized carbons (Fsp3) is 0.500. The highest BCUT2D eigenvalue weighted by atomic mass is 16.1. The van der Waals surface area contributed by atoms with E-state index in [1.165, 1.54) is 12.8 Å². The zero-order valence-electron chi connectivity index (χ0n) is 11.6. The summed E-state index contributed by atoms with van der Waals surface area (Å²) in [5.41, 5.74) is 8.08. The Labute approximate surface area is 114 Å². The summed E-state index contributed by atoms with van der Waals surface area (Å²) in [4.78, 5) is 14.0. The number of rotatable bonds is 4. The Morgan fingerprint density at radius 1 is 1.53 bits per heavy atom. The lowest BCUT2D eigenvalue weighted by atomic mass is 10.1. The summed E-state index contributed by atoms with van der Waals surface area (Å²) >= 11 is 0. The van der Waals surface area contributed by atoms with E-state index in [4.69, 9.17) is 5.73 Å². The maximum atomic E-state index is 11.6. The molecule has 1 aliphatic heterocycles. The van der Waals surface area contributed by atoms with Gasteiger partial charge in [0.1, 0.15) is 0 Å². The molecule has 1 aromatic rings. The van der Waals surface area contributed by atoms with E-state index < -0.39 is 0 Å². The van der Waals surface area contributed by atoms with Crippen molar-refractivity contribution in [2.75, 3.05) is 38.2 Å². The number of carbonyl (C=O) groups is 1. The van der Waals surface area contributed by atoms with E-state index in [0.29, 0.717) is 17.3 Å². The number of nitrogen functional groups attached to an aromatic ring is 1. The van der Waals surface area contributed by atoms with Crippen LogP contribution in [0.4, 0.5) is 11.4 Å². The lowest BCUT2D eigenvalue weighted by molar-refractivity contribution is 0.0963. The zero-order valence-corrected chi connectivity index (χ0v) is 11.6. The molecule has 1 fully saturated rings. The average molecular weight is 262 g/mol. The Morgan fingerprint density at radius 2 is 2.32 bits per heavy atom. The number of likely N-dealkylation sites (tertiary alicyclic amines) is 1. The molecule has 0 bridgehead atoms. The third kappa shape index (κ3) is 3.17. The lowest BCUT2D eigenvalue weighted by Crippen LogP contribution is -2.31. The Balaban J connectivity index is 2.04. The molecule has 5 nitrogen and oxygen atoms in total. The van der Waals surface area contributed by atoms with Crippen molar-refractivity contribution in [3.63, 3.8) is 0 Å². The van der Waals surface area contributed by atoms with Crippen LogP contribution in [0.1, 0.15) is 23.2 Å².